The number of nitrogens with zero attached hydrogens (tertiary/aromatic N) is 2. The van der Waals surface area contributed by atoms with Crippen LogP contribution < -0.4 is 5.56 Å². The van der Waals surface area contributed by atoms with E-state index in [0.717, 1.165) is 25.7 Å². The van der Waals surface area contributed by atoms with E-state index in [2.05, 4.69) is 38.6 Å². The fourth-order valence-electron chi connectivity index (χ4n) is 2.78. The number of aryl methyl sites for hydroxylation is 1. The fraction of sp³-hybridized carbons (Fsp3) is 0.0588. The molecule has 2 heterocycles. The summed E-state index contributed by atoms with van der Waals surface area (Å²) < 4.78 is 3.04. The van der Waals surface area contributed by atoms with E-state index in [9.17, 15) is 4.79 Å². The van der Waals surface area contributed by atoms with Crippen molar-refractivity contribution in [3.05, 3.63) is 62.5 Å². The van der Waals surface area contributed by atoms with Gasteiger partial charge in [0, 0.05) is 21.5 Å². The number of nitrogens with one attached hydrogen (secondary N) is 1. The summed E-state index contributed by atoms with van der Waals surface area (Å²) in [6, 6.07) is 15.6. The number of rotatable bonds is 1. The van der Waals surface area contributed by atoms with Gasteiger partial charge in [0.1, 0.15) is 0 Å². The van der Waals surface area contributed by atoms with Crippen molar-refractivity contribution < 1.29 is 0 Å². The highest BCUT2D eigenvalue weighted by atomic mass is 127. The Kier molecular flexibility index (Phi) is 3.04. The number of H-pyrrole nitrogens is 1. The van der Waals surface area contributed by atoms with Crippen LogP contribution in [0.25, 0.3) is 33.3 Å². The van der Waals surface area contributed by atoms with Crippen molar-refractivity contribution in [1.29, 1.82) is 0 Å². The molecule has 0 unspecified atom stereocenters. The minimum Gasteiger partial charge on any atom is -0.351 e. The molecule has 108 valence electrons. The van der Waals surface area contributed by atoms with Gasteiger partial charge in [-0.2, -0.15) is 4.98 Å². The van der Waals surface area contributed by atoms with Gasteiger partial charge in [-0.1, -0.05) is 30.3 Å². The second-order valence-electron chi connectivity index (χ2n) is 5.18. The zero-order chi connectivity index (χ0) is 15.3. The molecule has 0 fully saturated rings. The van der Waals surface area contributed by atoms with Crippen LogP contribution in [0.3, 0.4) is 0 Å². The zero-order valence-electron chi connectivity index (χ0n) is 11.8. The normalized spacial score (nSPS) is 11.4. The van der Waals surface area contributed by atoms with Gasteiger partial charge in [-0.3, -0.25) is 4.79 Å². The lowest BCUT2D eigenvalue weighted by Gasteiger charge is -2.10. The lowest BCUT2D eigenvalue weighted by atomic mass is 10.2. The molecule has 2 aromatic heterocycles. The third kappa shape index (κ3) is 1.89. The molecule has 0 aliphatic heterocycles. The molecule has 0 aliphatic rings. The van der Waals surface area contributed by atoms with Crippen molar-refractivity contribution >= 4 is 44.4 Å². The molecule has 0 saturated heterocycles. The summed E-state index contributed by atoms with van der Waals surface area (Å²) in [4.78, 5) is 20.0. The first-order valence-electron chi connectivity index (χ1n) is 6.89. The zero-order valence-corrected chi connectivity index (χ0v) is 14.0. The summed E-state index contributed by atoms with van der Waals surface area (Å²) in [5, 5.41) is 1.78. The molecule has 0 amide bonds. The lowest BCUT2D eigenvalue weighted by Crippen LogP contribution is -2.14. The Morgan fingerprint density at radius 2 is 1.73 bits per heavy atom. The van der Waals surface area contributed by atoms with Gasteiger partial charge in [0.25, 0.3) is 5.56 Å². The molecule has 4 rings (SSSR count). The van der Waals surface area contributed by atoms with Crippen LogP contribution in [0.4, 0.5) is 0 Å². The monoisotopic (exact) mass is 401 g/mol. The number of fused-ring (bicyclic) bond motifs is 2. The molecule has 0 saturated carbocycles. The maximum atomic E-state index is 12.3. The highest BCUT2D eigenvalue weighted by Crippen LogP contribution is 2.30. The third-order valence-corrected chi connectivity index (χ3v) is 5.01. The summed E-state index contributed by atoms with van der Waals surface area (Å²) in [7, 11) is 1.94. The molecule has 5 heteroatoms. The topological polar surface area (TPSA) is 50.7 Å². The molecule has 0 spiro atoms. The number of aromatic amines is 1. The lowest BCUT2D eigenvalue weighted by molar-refractivity contribution is 0.909. The minimum absolute atomic E-state index is 0.196. The Balaban J connectivity index is 2.11. The van der Waals surface area contributed by atoms with Gasteiger partial charge in [-0.15, -0.1) is 0 Å². The third-order valence-electron chi connectivity index (χ3n) is 3.89. The van der Waals surface area contributed by atoms with Crippen LogP contribution in [0, 0.1) is 3.57 Å². The van der Waals surface area contributed by atoms with Crippen LogP contribution in [0.5, 0.6) is 0 Å². The molecule has 0 radical (unpaired) electrons. The average Bonchev–Trinajstić information content (AvgIpc) is 2.88. The fourth-order valence-corrected chi connectivity index (χ4v) is 3.62. The second kappa shape index (κ2) is 4.95. The standard InChI is InChI=1S/C17H12IN3O/c1-21-13-9-5-3-7-11(13)17(22)20-16(21)15-14(18)10-6-2-4-8-12(10)19-15/h2-9,19H,1H3. The van der Waals surface area contributed by atoms with Crippen molar-refractivity contribution in [3.63, 3.8) is 0 Å². The van der Waals surface area contributed by atoms with E-state index in [1.54, 1.807) is 0 Å². The second-order valence-corrected chi connectivity index (χ2v) is 6.26. The first-order valence-corrected chi connectivity index (χ1v) is 7.97. The van der Waals surface area contributed by atoms with Crippen LogP contribution in [-0.2, 0) is 7.05 Å². The van der Waals surface area contributed by atoms with E-state index >= 15 is 0 Å². The van der Waals surface area contributed by atoms with Crippen LogP contribution >= 0.6 is 22.6 Å². The quantitative estimate of drug-likeness (QED) is 0.495. The Morgan fingerprint density at radius 1 is 1.05 bits per heavy atom. The van der Waals surface area contributed by atoms with Crippen LogP contribution in [0.1, 0.15) is 0 Å². The summed E-state index contributed by atoms with van der Waals surface area (Å²) in [6.45, 7) is 0. The van der Waals surface area contributed by atoms with Gasteiger partial charge in [0.15, 0.2) is 5.82 Å². The van der Waals surface area contributed by atoms with E-state index in [0.29, 0.717) is 11.2 Å². The van der Waals surface area contributed by atoms with Crippen molar-refractivity contribution in [2.75, 3.05) is 0 Å². The van der Waals surface area contributed by atoms with Gasteiger partial charge in [-0.05, 0) is 40.8 Å². The highest BCUT2D eigenvalue weighted by molar-refractivity contribution is 14.1. The molecule has 0 atom stereocenters. The van der Waals surface area contributed by atoms with E-state index < -0.39 is 0 Å². The molecule has 0 aliphatic carbocycles. The van der Waals surface area contributed by atoms with Gasteiger partial charge in [-0.25, -0.2) is 0 Å². The number of hydrogen-bond donors (Lipinski definition) is 1. The summed E-state index contributed by atoms with van der Waals surface area (Å²) in [5.74, 6) is 0.657. The van der Waals surface area contributed by atoms with Gasteiger partial charge in [0.2, 0.25) is 0 Å². The first-order chi connectivity index (χ1) is 10.7. The number of hydrogen-bond acceptors (Lipinski definition) is 2. The minimum atomic E-state index is -0.196. The number of para-hydroxylation sites is 2. The van der Waals surface area contributed by atoms with Crippen LogP contribution in [-0.4, -0.2) is 14.5 Å². The Bertz CT molecular complexity index is 1080. The first kappa shape index (κ1) is 13.5. The van der Waals surface area contributed by atoms with Crippen molar-refractivity contribution in [1.82, 2.24) is 14.5 Å². The average molecular weight is 401 g/mol. The van der Waals surface area contributed by atoms with Crippen molar-refractivity contribution in [3.8, 4) is 11.5 Å². The maximum Gasteiger partial charge on any atom is 0.281 e. The highest BCUT2D eigenvalue weighted by Gasteiger charge is 2.16. The van der Waals surface area contributed by atoms with Crippen LogP contribution in [0.15, 0.2) is 53.3 Å². The Hall–Kier alpha value is -2.15. The molecular weight excluding hydrogens is 389 g/mol. The van der Waals surface area contributed by atoms with E-state index in [4.69, 9.17) is 0 Å². The van der Waals surface area contributed by atoms with E-state index in [1.807, 2.05) is 54.1 Å². The summed E-state index contributed by atoms with van der Waals surface area (Å²) in [5.41, 5.74) is 2.61. The molecule has 1 N–H and O–H groups in total. The SMILES string of the molecule is Cn1c(-c2[nH]c3ccccc3c2I)nc(=O)c2ccccc21. The maximum absolute atomic E-state index is 12.3. The van der Waals surface area contributed by atoms with Crippen molar-refractivity contribution in [2.45, 2.75) is 0 Å². The summed E-state index contributed by atoms with van der Waals surface area (Å²) in [6.07, 6.45) is 0. The van der Waals surface area contributed by atoms with Gasteiger partial charge in [0.05, 0.1) is 16.6 Å². The molecule has 4 aromatic rings. The van der Waals surface area contributed by atoms with Gasteiger partial charge >= 0.3 is 0 Å². The molecule has 2 aromatic carbocycles. The predicted octanol–water partition coefficient (Wildman–Crippen LogP) is 3.69. The predicted molar refractivity (Wildman–Crippen MR) is 97.0 cm³/mol. The van der Waals surface area contributed by atoms with Crippen molar-refractivity contribution in [2.24, 2.45) is 7.05 Å². The van der Waals surface area contributed by atoms with E-state index in [1.165, 1.54) is 0 Å². The molecule has 4 nitrogen and oxygen atoms in total. The van der Waals surface area contributed by atoms with E-state index in [-0.39, 0.29) is 5.56 Å². The molecule has 22 heavy (non-hydrogen) atoms. The van der Waals surface area contributed by atoms with Gasteiger partial charge < -0.3 is 9.55 Å². The number of benzene rings is 2. The summed E-state index contributed by atoms with van der Waals surface area (Å²) >= 11 is 2.30. The number of halogens is 1. The van der Waals surface area contributed by atoms with Crippen LogP contribution in [0.2, 0.25) is 0 Å². The molecule has 0 bridgehead atoms. The molecular formula is C17H12IN3O. The Labute approximate surface area is 139 Å². The largest absolute Gasteiger partial charge is 0.351 e. The smallest absolute Gasteiger partial charge is 0.281 e. The number of aromatic nitrogens is 3. The Morgan fingerprint density at radius 3 is 2.50 bits per heavy atom.